The molecule has 0 amide bonds. The third kappa shape index (κ3) is 5.96. The lowest BCUT2D eigenvalue weighted by molar-refractivity contribution is 0.0150. The van der Waals surface area contributed by atoms with E-state index in [2.05, 4.69) is 29.1 Å². The van der Waals surface area contributed by atoms with Gasteiger partial charge in [-0.1, -0.05) is 24.3 Å². The molecule has 0 saturated carbocycles. The summed E-state index contributed by atoms with van der Waals surface area (Å²) in [7, 11) is 0. The lowest BCUT2D eigenvalue weighted by atomic mass is 9.90. The fraction of sp³-hybridized carbons (Fsp3) is 0.452. The molecule has 7 heteroatoms. The third-order valence-electron chi connectivity index (χ3n) is 7.71. The fourth-order valence-corrected chi connectivity index (χ4v) is 5.55. The van der Waals surface area contributed by atoms with Crippen LogP contribution in [0.2, 0.25) is 0 Å². The molecule has 1 saturated heterocycles. The second-order valence-electron chi connectivity index (χ2n) is 10.3. The number of morpholine rings is 1. The van der Waals surface area contributed by atoms with Crippen molar-refractivity contribution >= 4 is 11.4 Å². The minimum absolute atomic E-state index is 0.0564. The first-order valence-electron chi connectivity index (χ1n) is 13.7. The van der Waals surface area contributed by atoms with E-state index in [0.29, 0.717) is 31.2 Å². The number of nitrogens with zero attached hydrogens (tertiary/aromatic N) is 4. The molecule has 2 aromatic heterocycles. The van der Waals surface area contributed by atoms with Gasteiger partial charge in [0.2, 0.25) is 0 Å². The SMILES string of the molecule is CCOCc1ccc(-n2ncc(C(=O)Cc3cnc(C4=CCC(N5CCOCC5)CC4)c(C)c3)c2C)cc1. The molecule has 38 heavy (non-hydrogen) atoms. The molecule has 1 atom stereocenters. The average Bonchev–Trinajstić information content (AvgIpc) is 3.34. The molecular formula is C31H38N4O3. The lowest BCUT2D eigenvalue weighted by Crippen LogP contribution is -2.43. The van der Waals surface area contributed by atoms with E-state index in [4.69, 9.17) is 14.5 Å². The number of allylic oxidation sites excluding steroid dienone is 1. The molecule has 0 bridgehead atoms. The van der Waals surface area contributed by atoms with E-state index in [1.807, 2.05) is 49.0 Å². The van der Waals surface area contributed by atoms with Crippen LogP contribution < -0.4 is 0 Å². The van der Waals surface area contributed by atoms with E-state index in [9.17, 15) is 4.79 Å². The minimum Gasteiger partial charge on any atom is -0.379 e. The number of hydrogen-bond acceptors (Lipinski definition) is 6. The standard InChI is InChI=1S/C31H38N4O3/c1-4-37-21-24-5-9-28(10-6-24)35-23(3)29(20-33-35)30(36)18-25-17-22(2)31(32-19-25)26-7-11-27(12-8-26)34-13-15-38-16-14-34/h5-7,9-10,17,19-20,27H,4,8,11-16,18,21H2,1-3H3. The molecule has 5 rings (SSSR count). The van der Waals surface area contributed by atoms with E-state index in [0.717, 1.165) is 79.3 Å². The highest BCUT2D eigenvalue weighted by Gasteiger charge is 2.24. The molecule has 0 spiro atoms. The van der Waals surface area contributed by atoms with Gasteiger partial charge in [-0.25, -0.2) is 4.68 Å². The zero-order valence-electron chi connectivity index (χ0n) is 22.8. The van der Waals surface area contributed by atoms with Crippen LogP contribution in [0.4, 0.5) is 0 Å². The lowest BCUT2D eigenvalue weighted by Gasteiger charge is -2.36. The predicted octanol–water partition coefficient (Wildman–Crippen LogP) is 5.11. The third-order valence-corrected chi connectivity index (χ3v) is 7.71. The Kier molecular flexibility index (Phi) is 8.47. The fourth-order valence-electron chi connectivity index (χ4n) is 5.55. The monoisotopic (exact) mass is 514 g/mol. The van der Waals surface area contributed by atoms with Crippen LogP contribution in [-0.4, -0.2) is 64.4 Å². The van der Waals surface area contributed by atoms with Gasteiger partial charge in [0.25, 0.3) is 0 Å². The number of Topliss-reactive ketones (excluding diaryl/α,β-unsaturated/α-hetero) is 1. The van der Waals surface area contributed by atoms with Crippen LogP contribution in [0.1, 0.15) is 64.6 Å². The molecule has 2 aliphatic rings. The van der Waals surface area contributed by atoms with Gasteiger partial charge in [-0.15, -0.1) is 0 Å². The van der Waals surface area contributed by atoms with Crippen LogP contribution in [0.25, 0.3) is 11.3 Å². The number of carbonyl (C=O) groups is 1. The molecule has 1 aromatic carbocycles. The summed E-state index contributed by atoms with van der Waals surface area (Å²) in [5.74, 6) is 0.0564. The van der Waals surface area contributed by atoms with Crippen LogP contribution in [0.5, 0.6) is 0 Å². The number of ketones is 1. The smallest absolute Gasteiger partial charge is 0.170 e. The number of carbonyl (C=O) groups excluding carboxylic acids is 1. The second kappa shape index (κ2) is 12.2. The molecule has 0 radical (unpaired) electrons. The Hall–Kier alpha value is -3.13. The maximum Gasteiger partial charge on any atom is 0.170 e. The molecule has 1 fully saturated rings. The number of benzene rings is 1. The summed E-state index contributed by atoms with van der Waals surface area (Å²) in [4.78, 5) is 20.6. The first-order valence-corrected chi connectivity index (χ1v) is 13.7. The van der Waals surface area contributed by atoms with Gasteiger partial charge in [-0.3, -0.25) is 14.7 Å². The summed E-state index contributed by atoms with van der Waals surface area (Å²) < 4.78 is 12.8. The molecule has 1 aliphatic carbocycles. The van der Waals surface area contributed by atoms with Gasteiger partial charge in [0.05, 0.1) is 48.7 Å². The Morgan fingerprint density at radius 1 is 1.11 bits per heavy atom. The van der Waals surface area contributed by atoms with Gasteiger partial charge < -0.3 is 9.47 Å². The molecule has 1 unspecified atom stereocenters. The van der Waals surface area contributed by atoms with Crippen molar-refractivity contribution in [1.29, 1.82) is 0 Å². The highest BCUT2D eigenvalue weighted by atomic mass is 16.5. The summed E-state index contributed by atoms with van der Waals surface area (Å²) in [5, 5.41) is 4.50. The van der Waals surface area contributed by atoms with Crippen LogP contribution in [0.15, 0.2) is 48.8 Å². The molecule has 3 heterocycles. The van der Waals surface area contributed by atoms with Gasteiger partial charge in [-0.2, -0.15) is 5.10 Å². The molecule has 3 aromatic rings. The van der Waals surface area contributed by atoms with Crippen LogP contribution in [-0.2, 0) is 22.5 Å². The van der Waals surface area contributed by atoms with Gasteiger partial charge in [0, 0.05) is 38.4 Å². The number of hydrogen-bond donors (Lipinski definition) is 0. The van der Waals surface area contributed by atoms with Crippen molar-refractivity contribution < 1.29 is 14.3 Å². The van der Waals surface area contributed by atoms with Crippen LogP contribution in [0.3, 0.4) is 0 Å². The topological polar surface area (TPSA) is 69.5 Å². The van der Waals surface area contributed by atoms with E-state index in [-0.39, 0.29) is 5.78 Å². The zero-order valence-corrected chi connectivity index (χ0v) is 22.8. The first-order chi connectivity index (χ1) is 18.5. The van der Waals surface area contributed by atoms with E-state index in [1.165, 1.54) is 5.57 Å². The average molecular weight is 515 g/mol. The number of pyridine rings is 1. The van der Waals surface area contributed by atoms with E-state index >= 15 is 0 Å². The summed E-state index contributed by atoms with van der Waals surface area (Å²) >= 11 is 0. The van der Waals surface area contributed by atoms with Crippen molar-refractivity contribution in [3.8, 4) is 5.69 Å². The van der Waals surface area contributed by atoms with Crippen LogP contribution >= 0.6 is 0 Å². The minimum atomic E-state index is 0.0564. The van der Waals surface area contributed by atoms with Crippen molar-refractivity contribution in [2.75, 3.05) is 32.9 Å². The molecule has 0 N–H and O–H groups in total. The van der Waals surface area contributed by atoms with Crippen molar-refractivity contribution in [3.05, 3.63) is 82.4 Å². The highest BCUT2D eigenvalue weighted by molar-refractivity contribution is 5.98. The van der Waals surface area contributed by atoms with E-state index < -0.39 is 0 Å². The van der Waals surface area contributed by atoms with Crippen molar-refractivity contribution in [2.45, 2.75) is 59.1 Å². The normalized spacial score (nSPS) is 18.4. The highest BCUT2D eigenvalue weighted by Crippen LogP contribution is 2.30. The maximum absolute atomic E-state index is 13.2. The summed E-state index contributed by atoms with van der Waals surface area (Å²) in [6, 6.07) is 10.8. The summed E-state index contributed by atoms with van der Waals surface area (Å²) in [5.41, 5.74) is 8.00. The van der Waals surface area contributed by atoms with Crippen molar-refractivity contribution in [2.24, 2.45) is 0 Å². The second-order valence-corrected chi connectivity index (χ2v) is 10.3. The Labute approximate surface area is 225 Å². The van der Waals surface area contributed by atoms with Crippen LogP contribution in [0, 0.1) is 13.8 Å². The van der Waals surface area contributed by atoms with Crippen molar-refractivity contribution in [1.82, 2.24) is 19.7 Å². The largest absolute Gasteiger partial charge is 0.379 e. The molecule has 7 nitrogen and oxygen atoms in total. The van der Waals surface area contributed by atoms with E-state index in [1.54, 1.807) is 6.20 Å². The number of aromatic nitrogens is 3. The Bertz CT molecular complexity index is 1290. The summed E-state index contributed by atoms with van der Waals surface area (Å²) in [6.45, 7) is 11.1. The Balaban J connectivity index is 1.23. The zero-order chi connectivity index (χ0) is 26.5. The molecular weight excluding hydrogens is 476 g/mol. The quantitative estimate of drug-likeness (QED) is 0.370. The first kappa shape index (κ1) is 26.5. The Morgan fingerprint density at radius 3 is 2.58 bits per heavy atom. The number of rotatable bonds is 9. The van der Waals surface area contributed by atoms with Gasteiger partial charge in [-0.05, 0) is 74.4 Å². The van der Waals surface area contributed by atoms with Crippen molar-refractivity contribution in [3.63, 3.8) is 0 Å². The number of ether oxygens (including phenoxy) is 2. The molecule has 200 valence electrons. The summed E-state index contributed by atoms with van der Waals surface area (Å²) in [6.07, 6.45) is 9.49. The molecule has 1 aliphatic heterocycles. The van der Waals surface area contributed by atoms with Gasteiger partial charge in [0.15, 0.2) is 5.78 Å². The van der Waals surface area contributed by atoms with Gasteiger partial charge in [0.1, 0.15) is 0 Å². The van der Waals surface area contributed by atoms with Gasteiger partial charge >= 0.3 is 0 Å². The Morgan fingerprint density at radius 2 is 1.89 bits per heavy atom. The number of aryl methyl sites for hydroxylation is 1. The predicted molar refractivity (Wildman–Crippen MR) is 149 cm³/mol. The maximum atomic E-state index is 13.2.